The predicted molar refractivity (Wildman–Crippen MR) is 103 cm³/mol. The van der Waals surface area contributed by atoms with Crippen molar-refractivity contribution >= 4 is 34.7 Å². The minimum Gasteiger partial charge on any atom is -0.440 e. The summed E-state index contributed by atoms with van der Waals surface area (Å²) in [7, 11) is 0. The molecular weight excluding hydrogens is 367 g/mol. The largest absolute Gasteiger partial charge is 0.440 e. The molecule has 27 heavy (non-hydrogen) atoms. The minimum absolute atomic E-state index is 0.110. The van der Waals surface area contributed by atoms with Crippen molar-refractivity contribution in [1.29, 1.82) is 0 Å². The first-order valence-electron chi connectivity index (χ1n) is 8.87. The second-order valence-electron chi connectivity index (χ2n) is 6.62. The van der Waals surface area contributed by atoms with Crippen LogP contribution in [0.3, 0.4) is 0 Å². The highest BCUT2D eigenvalue weighted by Crippen LogP contribution is 2.30. The van der Waals surface area contributed by atoms with E-state index in [-0.39, 0.29) is 17.6 Å². The Labute approximate surface area is 161 Å². The molecule has 0 atom stereocenters. The maximum Gasteiger partial charge on any atom is 0.246 e. The first-order chi connectivity index (χ1) is 13.1. The van der Waals surface area contributed by atoms with Gasteiger partial charge in [0.15, 0.2) is 11.5 Å². The van der Waals surface area contributed by atoms with Crippen LogP contribution in [0.4, 0.5) is 4.39 Å². The third-order valence-corrected chi connectivity index (χ3v) is 5.07. The van der Waals surface area contributed by atoms with Crippen molar-refractivity contribution < 1.29 is 13.6 Å². The molecule has 1 aliphatic rings. The lowest BCUT2D eigenvalue weighted by molar-refractivity contribution is -0.127. The molecule has 3 aromatic rings. The van der Waals surface area contributed by atoms with Crippen molar-refractivity contribution in [2.75, 3.05) is 13.1 Å². The van der Waals surface area contributed by atoms with Gasteiger partial charge in [-0.3, -0.25) is 4.79 Å². The third kappa shape index (κ3) is 3.88. The first-order valence-corrected chi connectivity index (χ1v) is 9.25. The van der Waals surface area contributed by atoms with Crippen LogP contribution in [0.2, 0.25) is 5.02 Å². The van der Waals surface area contributed by atoms with Gasteiger partial charge in [0.25, 0.3) is 0 Å². The summed E-state index contributed by atoms with van der Waals surface area (Å²) >= 11 is 6.00. The number of rotatable bonds is 3. The molecule has 4 nitrogen and oxygen atoms in total. The summed E-state index contributed by atoms with van der Waals surface area (Å²) in [4.78, 5) is 18.7. The van der Waals surface area contributed by atoms with Gasteiger partial charge in [-0.2, -0.15) is 0 Å². The molecule has 1 aromatic heterocycles. The van der Waals surface area contributed by atoms with Crippen LogP contribution in [-0.2, 0) is 4.79 Å². The molecule has 2 heterocycles. The zero-order chi connectivity index (χ0) is 18.8. The number of nitrogens with zero attached hydrogens (tertiary/aromatic N) is 2. The average Bonchev–Trinajstić information content (AvgIpc) is 3.10. The second kappa shape index (κ2) is 7.53. The molecule has 0 bridgehead atoms. The van der Waals surface area contributed by atoms with Gasteiger partial charge in [-0.1, -0.05) is 29.8 Å². The molecule has 1 aliphatic heterocycles. The maximum absolute atomic E-state index is 13.6. The van der Waals surface area contributed by atoms with E-state index in [2.05, 4.69) is 4.98 Å². The number of fused-ring (bicyclic) bond motifs is 1. The summed E-state index contributed by atoms with van der Waals surface area (Å²) in [6.45, 7) is 1.23. The Morgan fingerprint density at radius 1 is 1.22 bits per heavy atom. The summed E-state index contributed by atoms with van der Waals surface area (Å²) in [5.74, 6) is 0.425. The quantitative estimate of drug-likeness (QED) is 0.594. The molecule has 1 fully saturated rings. The minimum atomic E-state index is -0.337. The molecule has 4 rings (SSSR count). The molecular formula is C21H18ClFN2O2. The van der Waals surface area contributed by atoms with Crippen LogP contribution in [0, 0.1) is 5.82 Å². The number of aromatic nitrogens is 1. The van der Waals surface area contributed by atoms with Crippen LogP contribution >= 0.6 is 11.6 Å². The Morgan fingerprint density at radius 2 is 2.00 bits per heavy atom. The van der Waals surface area contributed by atoms with Crippen molar-refractivity contribution in [2.45, 2.75) is 18.8 Å². The Morgan fingerprint density at radius 3 is 2.78 bits per heavy atom. The van der Waals surface area contributed by atoms with Crippen molar-refractivity contribution in [3.63, 3.8) is 0 Å². The molecule has 0 unspecified atom stereocenters. The highest BCUT2D eigenvalue weighted by atomic mass is 35.5. The number of hydrogen-bond donors (Lipinski definition) is 0. The number of amides is 1. The normalized spacial score (nSPS) is 15.7. The predicted octanol–water partition coefficient (Wildman–Crippen LogP) is 5.04. The highest BCUT2D eigenvalue weighted by molar-refractivity contribution is 6.31. The number of carbonyl (C=O) groups is 1. The zero-order valence-electron chi connectivity index (χ0n) is 14.6. The molecule has 0 radical (unpaired) electrons. The molecule has 6 heteroatoms. The van der Waals surface area contributed by atoms with Crippen molar-refractivity contribution in [3.05, 3.63) is 70.8 Å². The van der Waals surface area contributed by atoms with Gasteiger partial charge >= 0.3 is 0 Å². The van der Waals surface area contributed by atoms with Crippen LogP contribution in [0.5, 0.6) is 0 Å². The number of oxazole rings is 1. The molecule has 0 saturated carbocycles. The summed E-state index contributed by atoms with van der Waals surface area (Å²) in [6, 6.07) is 11.8. The fourth-order valence-corrected chi connectivity index (χ4v) is 3.48. The first kappa shape index (κ1) is 17.7. The smallest absolute Gasteiger partial charge is 0.246 e. The van der Waals surface area contributed by atoms with Gasteiger partial charge in [-0.15, -0.1) is 0 Å². The molecule has 1 saturated heterocycles. The van der Waals surface area contributed by atoms with Gasteiger partial charge in [-0.05, 0) is 43.2 Å². The zero-order valence-corrected chi connectivity index (χ0v) is 15.3. The van der Waals surface area contributed by atoms with E-state index >= 15 is 0 Å². The van der Waals surface area contributed by atoms with E-state index in [9.17, 15) is 9.18 Å². The molecule has 0 spiro atoms. The van der Waals surface area contributed by atoms with Crippen LogP contribution < -0.4 is 0 Å². The molecule has 0 N–H and O–H groups in total. The van der Waals surface area contributed by atoms with Crippen LogP contribution in [0.25, 0.3) is 17.2 Å². The van der Waals surface area contributed by atoms with Crippen LogP contribution in [0.15, 0.2) is 53.0 Å². The van der Waals surface area contributed by atoms with Gasteiger partial charge in [0, 0.05) is 35.7 Å². The van der Waals surface area contributed by atoms with E-state index in [4.69, 9.17) is 16.0 Å². The SMILES string of the molecule is O=C(/C=C/c1ccccc1F)N1CCC(c2nc3cc(Cl)ccc3o2)CC1. The van der Waals surface area contributed by atoms with E-state index in [0.29, 0.717) is 29.6 Å². The number of likely N-dealkylation sites (tertiary alicyclic amines) is 1. The lowest BCUT2D eigenvalue weighted by Gasteiger charge is -2.29. The van der Waals surface area contributed by atoms with Crippen molar-refractivity contribution in [2.24, 2.45) is 0 Å². The van der Waals surface area contributed by atoms with Gasteiger partial charge < -0.3 is 9.32 Å². The number of halogens is 2. The topological polar surface area (TPSA) is 46.3 Å². The van der Waals surface area contributed by atoms with Crippen LogP contribution in [0.1, 0.15) is 30.2 Å². The van der Waals surface area contributed by atoms with Crippen molar-refractivity contribution in [1.82, 2.24) is 9.88 Å². The number of carbonyl (C=O) groups excluding carboxylic acids is 1. The fraction of sp³-hybridized carbons (Fsp3) is 0.238. The summed E-state index contributed by atoms with van der Waals surface area (Å²) in [5.41, 5.74) is 1.88. The summed E-state index contributed by atoms with van der Waals surface area (Å²) in [5, 5.41) is 0.629. The molecule has 0 aliphatic carbocycles. The van der Waals surface area contributed by atoms with E-state index in [0.717, 1.165) is 23.9 Å². The Bertz CT molecular complexity index is 1010. The lowest BCUT2D eigenvalue weighted by atomic mass is 9.96. The molecule has 1 amide bonds. The fourth-order valence-electron chi connectivity index (χ4n) is 3.32. The average molecular weight is 385 g/mol. The Kier molecular flexibility index (Phi) is 4.94. The summed E-state index contributed by atoms with van der Waals surface area (Å²) < 4.78 is 19.5. The monoisotopic (exact) mass is 384 g/mol. The van der Waals surface area contributed by atoms with E-state index in [1.165, 1.54) is 18.2 Å². The van der Waals surface area contributed by atoms with Crippen molar-refractivity contribution in [3.8, 4) is 0 Å². The van der Waals surface area contributed by atoms with E-state index in [1.807, 2.05) is 6.07 Å². The molecule has 138 valence electrons. The maximum atomic E-state index is 13.6. The van der Waals surface area contributed by atoms with Gasteiger partial charge in [-0.25, -0.2) is 9.37 Å². The van der Waals surface area contributed by atoms with Gasteiger partial charge in [0.1, 0.15) is 11.3 Å². The van der Waals surface area contributed by atoms with Crippen LogP contribution in [-0.4, -0.2) is 28.9 Å². The highest BCUT2D eigenvalue weighted by Gasteiger charge is 2.26. The van der Waals surface area contributed by atoms with E-state index in [1.54, 1.807) is 35.2 Å². The number of piperidine rings is 1. The Balaban J connectivity index is 1.39. The standard InChI is InChI=1S/C21H18ClFN2O2/c22-16-6-7-19-18(13-16)24-21(27-19)15-9-11-25(12-10-15)20(26)8-5-14-3-1-2-4-17(14)23/h1-8,13,15H,9-12H2/b8-5+. The Hall–Kier alpha value is -2.66. The van der Waals surface area contributed by atoms with Gasteiger partial charge in [0.2, 0.25) is 5.91 Å². The number of hydrogen-bond acceptors (Lipinski definition) is 3. The number of benzene rings is 2. The summed E-state index contributed by atoms with van der Waals surface area (Å²) in [6.07, 6.45) is 4.51. The molecule has 2 aromatic carbocycles. The van der Waals surface area contributed by atoms with E-state index < -0.39 is 0 Å². The van der Waals surface area contributed by atoms with Gasteiger partial charge in [0.05, 0.1) is 0 Å². The second-order valence-corrected chi connectivity index (χ2v) is 7.05. The third-order valence-electron chi connectivity index (χ3n) is 4.83. The lowest BCUT2D eigenvalue weighted by Crippen LogP contribution is -2.36.